The molecule has 0 unspecified atom stereocenters. The van der Waals surface area contributed by atoms with Crippen molar-refractivity contribution < 1.29 is 13.6 Å². The van der Waals surface area contributed by atoms with Crippen LogP contribution in [0, 0.1) is 18.6 Å². The molecule has 3 aromatic rings. The van der Waals surface area contributed by atoms with E-state index in [9.17, 15) is 13.6 Å². The van der Waals surface area contributed by atoms with Crippen LogP contribution < -0.4 is 10.2 Å². The summed E-state index contributed by atoms with van der Waals surface area (Å²) in [5.41, 5.74) is 2.41. The Hall–Kier alpha value is -3.03. The van der Waals surface area contributed by atoms with Crippen molar-refractivity contribution in [1.82, 2.24) is 14.8 Å². The van der Waals surface area contributed by atoms with Gasteiger partial charge in [0, 0.05) is 30.4 Å². The van der Waals surface area contributed by atoms with Gasteiger partial charge in [-0.15, -0.1) is 0 Å². The minimum atomic E-state index is -0.664. The number of aromatic nitrogens is 3. The molecule has 1 N–H and O–H groups in total. The molecule has 8 heteroatoms. The van der Waals surface area contributed by atoms with Crippen molar-refractivity contribution in [3.05, 3.63) is 46.8 Å². The van der Waals surface area contributed by atoms with Crippen LogP contribution in [0.5, 0.6) is 0 Å². The molecule has 0 radical (unpaired) electrons. The highest BCUT2D eigenvalue weighted by atomic mass is 19.1. The molecule has 174 valence electrons. The molecular formula is C25H29F2N5O. The van der Waals surface area contributed by atoms with Gasteiger partial charge in [0.2, 0.25) is 0 Å². The van der Waals surface area contributed by atoms with Gasteiger partial charge in [-0.05, 0) is 71.6 Å². The third kappa shape index (κ3) is 3.96. The Morgan fingerprint density at radius 1 is 1.09 bits per heavy atom. The molecule has 6 nitrogen and oxygen atoms in total. The van der Waals surface area contributed by atoms with E-state index in [0.29, 0.717) is 41.3 Å². The molecule has 1 aliphatic heterocycles. The summed E-state index contributed by atoms with van der Waals surface area (Å²) in [4.78, 5) is 19.9. The van der Waals surface area contributed by atoms with Gasteiger partial charge >= 0.3 is 0 Å². The van der Waals surface area contributed by atoms with Crippen LogP contribution in [0.4, 0.5) is 20.2 Å². The summed E-state index contributed by atoms with van der Waals surface area (Å²) in [7, 11) is 0. The first-order valence-electron chi connectivity index (χ1n) is 11.6. The lowest BCUT2D eigenvalue weighted by Crippen LogP contribution is -2.24. The van der Waals surface area contributed by atoms with Crippen LogP contribution in [0.2, 0.25) is 0 Å². The Morgan fingerprint density at radius 3 is 2.30 bits per heavy atom. The Balaban J connectivity index is 1.54. The van der Waals surface area contributed by atoms with E-state index in [1.54, 1.807) is 4.90 Å². The van der Waals surface area contributed by atoms with Gasteiger partial charge in [-0.1, -0.05) is 0 Å². The van der Waals surface area contributed by atoms with Crippen molar-refractivity contribution in [2.45, 2.75) is 64.8 Å². The summed E-state index contributed by atoms with van der Waals surface area (Å²) in [6, 6.07) is 4.20. The standard InChI is InChI=1S/C25H29F2N5O/c1-14-21-17(13-20(15-7-8-15)29-23(21)32(30-14)25(2,3)4)24(33)28-16-11-18(26)22(19(27)12-16)31-9-5-6-10-31/h11-13,15H,5-10H2,1-4H3,(H,28,33). The first-order valence-corrected chi connectivity index (χ1v) is 11.6. The maximum absolute atomic E-state index is 14.8. The van der Waals surface area contributed by atoms with E-state index in [1.807, 2.05) is 38.4 Å². The summed E-state index contributed by atoms with van der Waals surface area (Å²) < 4.78 is 31.4. The molecule has 33 heavy (non-hydrogen) atoms. The van der Waals surface area contributed by atoms with E-state index >= 15 is 0 Å². The van der Waals surface area contributed by atoms with Crippen LogP contribution in [0.3, 0.4) is 0 Å². The smallest absolute Gasteiger partial charge is 0.256 e. The molecule has 2 aliphatic rings. The van der Waals surface area contributed by atoms with E-state index in [4.69, 9.17) is 4.98 Å². The van der Waals surface area contributed by atoms with Crippen LogP contribution in [0.25, 0.3) is 11.0 Å². The van der Waals surface area contributed by atoms with Gasteiger partial charge in [-0.2, -0.15) is 5.10 Å². The number of nitrogens with one attached hydrogen (secondary N) is 1. The number of benzene rings is 1. The molecule has 1 saturated heterocycles. The average Bonchev–Trinajstić information content (AvgIpc) is 3.34. The molecule has 0 spiro atoms. The maximum atomic E-state index is 14.8. The van der Waals surface area contributed by atoms with Gasteiger partial charge in [-0.25, -0.2) is 18.4 Å². The lowest BCUT2D eigenvalue weighted by atomic mass is 10.1. The Bertz CT molecular complexity index is 1230. The lowest BCUT2D eigenvalue weighted by molar-refractivity contribution is 0.102. The van der Waals surface area contributed by atoms with E-state index in [0.717, 1.165) is 31.4 Å². The molecule has 0 atom stereocenters. The van der Waals surface area contributed by atoms with Crippen LogP contribution >= 0.6 is 0 Å². The van der Waals surface area contributed by atoms with E-state index in [-0.39, 0.29) is 16.9 Å². The van der Waals surface area contributed by atoms with Gasteiger partial charge in [0.25, 0.3) is 5.91 Å². The second kappa shape index (κ2) is 7.78. The predicted octanol–water partition coefficient (Wildman–Crippen LogP) is 5.50. The van der Waals surface area contributed by atoms with Crippen LogP contribution in [0.15, 0.2) is 18.2 Å². The third-order valence-corrected chi connectivity index (χ3v) is 6.41. The van der Waals surface area contributed by atoms with Crippen molar-refractivity contribution in [2.24, 2.45) is 0 Å². The number of hydrogen-bond acceptors (Lipinski definition) is 4. The molecule has 2 aromatic heterocycles. The van der Waals surface area contributed by atoms with Crippen LogP contribution in [0.1, 0.15) is 74.1 Å². The van der Waals surface area contributed by atoms with Crippen LogP contribution in [-0.2, 0) is 5.54 Å². The quantitative estimate of drug-likeness (QED) is 0.566. The summed E-state index contributed by atoms with van der Waals surface area (Å²) in [5.74, 6) is -1.42. The molecule has 3 heterocycles. The molecule has 1 aliphatic carbocycles. The first kappa shape index (κ1) is 21.8. The average molecular weight is 454 g/mol. The normalized spacial score (nSPS) is 16.6. The zero-order chi connectivity index (χ0) is 23.5. The molecule has 2 fully saturated rings. The maximum Gasteiger partial charge on any atom is 0.256 e. The second-order valence-corrected chi connectivity index (χ2v) is 10.2. The highest BCUT2D eigenvalue weighted by Crippen LogP contribution is 2.41. The molecular weight excluding hydrogens is 424 g/mol. The number of aryl methyl sites for hydroxylation is 1. The van der Waals surface area contributed by atoms with E-state index in [1.165, 1.54) is 12.1 Å². The number of pyridine rings is 1. The van der Waals surface area contributed by atoms with Crippen molar-refractivity contribution in [3.63, 3.8) is 0 Å². The SMILES string of the molecule is Cc1nn(C(C)(C)C)c2nc(C3CC3)cc(C(=O)Nc3cc(F)c(N4CCCC4)c(F)c3)c12. The minimum absolute atomic E-state index is 0.0184. The third-order valence-electron chi connectivity index (χ3n) is 6.41. The number of halogens is 2. The largest absolute Gasteiger partial charge is 0.367 e. The van der Waals surface area contributed by atoms with E-state index in [2.05, 4.69) is 10.4 Å². The number of rotatable bonds is 4. The summed E-state index contributed by atoms with van der Waals surface area (Å²) >= 11 is 0. The number of carbonyl (C=O) groups is 1. The van der Waals surface area contributed by atoms with Crippen molar-refractivity contribution in [1.29, 1.82) is 0 Å². The Kier molecular flexibility index (Phi) is 5.14. The monoisotopic (exact) mass is 453 g/mol. The highest BCUT2D eigenvalue weighted by Gasteiger charge is 2.30. The van der Waals surface area contributed by atoms with Gasteiger partial charge in [0.1, 0.15) is 5.69 Å². The number of amides is 1. The number of anilines is 2. The zero-order valence-corrected chi connectivity index (χ0v) is 19.5. The van der Waals surface area contributed by atoms with Gasteiger partial charge in [0.05, 0.1) is 22.2 Å². The molecule has 0 bridgehead atoms. The van der Waals surface area contributed by atoms with Crippen molar-refractivity contribution in [2.75, 3.05) is 23.3 Å². The van der Waals surface area contributed by atoms with Crippen molar-refractivity contribution in [3.8, 4) is 0 Å². The van der Waals surface area contributed by atoms with Gasteiger partial charge in [0.15, 0.2) is 17.3 Å². The summed E-state index contributed by atoms with van der Waals surface area (Å²) in [6.07, 6.45) is 3.91. The van der Waals surface area contributed by atoms with Gasteiger partial charge < -0.3 is 10.2 Å². The fourth-order valence-corrected chi connectivity index (χ4v) is 4.62. The summed E-state index contributed by atoms with van der Waals surface area (Å²) in [6.45, 7) is 9.24. The molecule has 5 rings (SSSR count). The number of hydrogen-bond donors (Lipinski definition) is 1. The predicted molar refractivity (Wildman–Crippen MR) is 125 cm³/mol. The number of nitrogens with zero attached hydrogens (tertiary/aromatic N) is 4. The van der Waals surface area contributed by atoms with Crippen molar-refractivity contribution >= 4 is 28.3 Å². The molecule has 1 saturated carbocycles. The minimum Gasteiger partial charge on any atom is -0.367 e. The number of carbonyl (C=O) groups excluding carboxylic acids is 1. The fraction of sp³-hybridized carbons (Fsp3) is 0.480. The zero-order valence-electron chi connectivity index (χ0n) is 19.5. The summed E-state index contributed by atoms with van der Waals surface area (Å²) in [5, 5.41) is 8.04. The Morgan fingerprint density at radius 2 is 1.73 bits per heavy atom. The molecule has 1 amide bonds. The number of fused-ring (bicyclic) bond motifs is 1. The highest BCUT2D eigenvalue weighted by molar-refractivity contribution is 6.12. The van der Waals surface area contributed by atoms with Crippen LogP contribution in [-0.4, -0.2) is 33.8 Å². The second-order valence-electron chi connectivity index (χ2n) is 10.2. The van der Waals surface area contributed by atoms with Gasteiger partial charge in [-0.3, -0.25) is 4.79 Å². The first-order chi connectivity index (χ1) is 15.6. The lowest BCUT2D eigenvalue weighted by Gasteiger charge is -2.20. The Labute approximate surface area is 192 Å². The fourth-order valence-electron chi connectivity index (χ4n) is 4.62. The van der Waals surface area contributed by atoms with E-state index < -0.39 is 17.5 Å². The topological polar surface area (TPSA) is 63.1 Å². The molecule has 1 aromatic carbocycles.